The number of rotatable bonds is 5. The molecule has 0 unspecified atom stereocenters. The molecule has 0 aliphatic heterocycles. The first-order chi connectivity index (χ1) is 16.6. The Morgan fingerprint density at radius 1 is 0.941 bits per heavy atom. The fourth-order valence-electron chi connectivity index (χ4n) is 3.05. The highest BCUT2D eigenvalue weighted by atomic mass is 32.1. The molecular formula is C25H22N4O4S. The molecular weight excluding hydrogens is 452 g/mol. The lowest BCUT2D eigenvalue weighted by Gasteiger charge is -2.13. The van der Waals surface area contributed by atoms with Gasteiger partial charge < -0.3 is 14.8 Å². The molecule has 0 radical (unpaired) electrons. The van der Waals surface area contributed by atoms with Crippen LogP contribution >= 0.6 is 11.3 Å². The maximum Gasteiger partial charge on any atom is 0.437 e. The Kier molecular flexibility index (Phi) is 7.46. The van der Waals surface area contributed by atoms with E-state index in [1.165, 1.54) is 11.3 Å². The second-order valence-corrected chi connectivity index (χ2v) is 8.19. The minimum absolute atomic E-state index is 0.0543. The van der Waals surface area contributed by atoms with Gasteiger partial charge in [-0.25, -0.2) is 14.6 Å². The van der Waals surface area contributed by atoms with E-state index < -0.39 is 12.2 Å². The number of nitrogens with zero attached hydrogens (tertiary/aromatic N) is 2. The quantitative estimate of drug-likeness (QED) is 0.287. The monoisotopic (exact) mass is 474 g/mol. The van der Waals surface area contributed by atoms with Gasteiger partial charge in [0.25, 0.3) is 0 Å². The summed E-state index contributed by atoms with van der Waals surface area (Å²) >= 11 is 1.53. The number of aryl methyl sites for hydroxylation is 1. The van der Waals surface area contributed by atoms with E-state index in [4.69, 9.17) is 9.47 Å². The number of aromatic nitrogens is 1. The molecule has 4 rings (SSSR count). The van der Waals surface area contributed by atoms with Gasteiger partial charge in [0, 0.05) is 5.69 Å². The molecule has 8 nitrogen and oxygen atoms in total. The van der Waals surface area contributed by atoms with Gasteiger partial charge in [-0.15, -0.1) is 16.3 Å². The molecule has 4 aromatic rings. The smallest absolute Gasteiger partial charge is 0.437 e. The van der Waals surface area contributed by atoms with E-state index in [0.717, 1.165) is 26.9 Å². The number of carbonyl (C=O) groups is 2. The third kappa shape index (κ3) is 6.39. The number of ether oxygens (including phenoxy) is 2. The summed E-state index contributed by atoms with van der Waals surface area (Å²) in [7, 11) is 0. The van der Waals surface area contributed by atoms with Crippen molar-refractivity contribution in [2.75, 3.05) is 5.32 Å². The molecule has 2 N–H and O–H groups in total. The molecule has 0 fully saturated rings. The van der Waals surface area contributed by atoms with Gasteiger partial charge in [-0.3, -0.25) is 5.32 Å². The Bertz CT molecular complexity index is 1310. The fourth-order valence-corrected chi connectivity index (χ4v) is 3.81. The highest BCUT2D eigenvalue weighted by Gasteiger charge is 2.13. The molecule has 1 heterocycles. The molecule has 0 aliphatic rings. The van der Waals surface area contributed by atoms with Crippen LogP contribution in [-0.4, -0.2) is 23.1 Å². The van der Waals surface area contributed by atoms with Crippen LogP contribution in [0.5, 0.6) is 0 Å². The van der Waals surface area contributed by atoms with E-state index in [2.05, 4.69) is 20.6 Å². The zero-order valence-corrected chi connectivity index (χ0v) is 19.2. The highest BCUT2D eigenvalue weighted by Crippen LogP contribution is 2.25. The number of amides is 2. The van der Waals surface area contributed by atoms with Crippen molar-refractivity contribution in [2.45, 2.75) is 20.1 Å². The van der Waals surface area contributed by atoms with Crippen LogP contribution in [0.3, 0.4) is 0 Å². The van der Waals surface area contributed by atoms with Crippen molar-refractivity contribution in [1.82, 2.24) is 10.3 Å². The fraction of sp³-hybridized carbons (Fsp3) is 0.120. The lowest BCUT2D eigenvalue weighted by atomic mass is 10.2. The number of nitrogens with one attached hydrogen (secondary N) is 2. The van der Waals surface area contributed by atoms with Gasteiger partial charge in [0.1, 0.15) is 13.2 Å². The highest BCUT2D eigenvalue weighted by molar-refractivity contribution is 7.16. The van der Waals surface area contributed by atoms with Crippen molar-refractivity contribution in [3.63, 3.8) is 0 Å². The van der Waals surface area contributed by atoms with Gasteiger partial charge in [0.15, 0.2) is 0 Å². The maximum absolute atomic E-state index is 12.4. The Morgan fingerprint density at radius 2 is 1.59 bits per heavy atom. The standard InChI is InChI=1S/C25H22N4O4S/c1-17-12-22-21(26-16-34-22)13-20(17)27-23(28-24(30)32-14-18-8-4-2-5-9-18)29-25(31)33-15-19-10-6-3-7-11-19/h2-13,16H,14-15H2,1H3,(H2,27,28,29,30,31). The lowest BCUT2D eigenvalue weighted by molar-refractivity contribution is 0.144. The third-order valence-corrected chi connectivity index (χ3v) is 5.56. The second-order valence-electron chi connectivity index (χ2n) is 7.30. The van der Waals surface area contributed by atoms with Crippen LogP contribution in [0.2, 0.25) is 0 Å². The zero-order chi connectivity index (χ0) is 23.8. The number of anilines is 1. The zero-order valence-electron chi connectivity index (χ0n) is 18.4. The van der Waals surface area contributed by atoms with E-state index >= 15 is 0 Å². The van der Waals surface area contributed by atoms with E-state index in [1.807, 2.05) is 79.7 Å². The SMILES string of the molecule is Cc1cc2scnc2cc1NC(=NC(=O)OCc1ccccc1)NC(=O)OCc1ccccc1. The number of alkyl carbamates (subject to hydrolysis) is 1. The van der Waals surface area contributed by atoms with Crippen LogP contribution in [0.1, 0.15) is 16.7 Å². The Morgan fingerprint density at radius 3 is 2.26 bits per heavy atom. The maximum atomic E-state index is 12.4. The Balaban J connectivity index is 1.48. The largest absolute Gasteiger partial charge is 0.444 e. The topological polar surface area (TPSA) is 102 Å². The van der Waals surface area contributed by atoms with Crippen LogP contribution in [-0.2, 0) is 22.7 Å². The van der Waals surface area contributed by atoms with Gasteiger partial charge in [-0.2, -0.15) is 0 Å². The van der Waals surface area contributed by atoms with E-state index in [1.54, 1.807) is 5.51 Å². The molecule has 3 aromatic carbocycles. The molecule has 1 aromatic heterocycles. The summed E-state index contributed by atoms with van der Waals surface area (Å²) in [6, 6.07) is 22.3. The number of hydrogen-bond acceptors (Lipinski definition) is 6. The van der Waals surface area contributed by atoms with Crippen LogP contribution in [0.25, 0.3) is 10.2 Å². The van der Waals surface area contributed by atoms with Crippen LogP contribution in [0.15, 0.2) is 83.3 Å². The average molecular weight is 475 g/mol. The summed E-state index contributed by atoms with van der Waals surface area (Å²) in [6.07, 6.45) is -1.62. The molecule has 0 saturated carbocycles. The van der Waals surface area contributed by atoms with E-state index in [-0.39, 0.29) is 19.2 Å². The first kappa shape index (κ1) is 22.9. The van der Waals surface area contributed by atoms with Crippen molar-refractivity contribution < 1.29 is 19.1 Å². The minimum Gasteiger partial charge on any atom is -0.444 e. The predicted molar refractivity (Wildman–Crippen MR) is 132 cm³/mol. The van der Waals surface area contributed by atoms with E-state index in [9.17, 15) is 9.59 Å². The van der Waals surface area contributed by atoms with Crippen LogP contribution < -0.4 is 10.6 Å². The normalized spacial score (nSPS) is 11.1. The summed E-state index contributed by atoms with van der Waals surface area (Å²) in [5.41, 5.74) is 5.72. The number of carbonyl (C=O) groups excluding carboxylic acids is 2. The van der Waals surface area contributed by atoms with Crippen molar-refractivity contribution in [3.05, 3.63) is 95.0 Å². The van der Waals surface area contributed by atoms with Gasteiger partial charge in [0.05, 0.1) is 15.7 Å². The second kappa shape index (κ2) is 11.1. The first-order valence-corrected chi connectivity index (χ1v) is 11.3. The molecule has 0 bridgehead atoms. The number of aliphatic imine (C=N–C) groups is 1. The average Bonchev–Trinajstić information content (AvgIpc) is 3.30. The molecule has 9 heteroatoms. The molecule has 0 spiro atoms. The summed E-state index contributed by atoms with van der Waals surface area (Å²) in [5, 5.41) is 5.48. The summed E-state index contributed by atoms with van der Waals surface area (Å²) in [5.74, 6) is -0.117. The summed E-state index contributed by atoms with van der Waals surface area (Å²) in [6.45, 7) is 2.03. The van der Waals surface area contributed by atoms with Crippen LogP contribution in [0.4, 0.5) is 15.3 Å². The lowest BCUT2D eigenvalue weighted by Crippen LogP contribution is -2.37. The molecule has 0 atom stereocenters. The number of guanidine groups is 1. The summed E-state index contributed by atoms with van der Waals surface area (Å²) < 4.78 is 11.5. The minimum atomic E-state index is -0.859. The third-order valence-electron chi connectivity index (χ3n) is 4.77. The van der Waals surface area contributed by atoms with E-state index in [0.29, 0.717) is 5.69 Å². The molecule has 2 amide bonds. The van der Waals surface area contributed by atoms with Gasteiger partial charge in [-0.1, -0.05) is 60.7 Å². The molecule has 172 valence electrons. The van der Waals surface area contributed by atoms with Crippen molar-refractivity contribution >= 4 is 45.4 Å². The number of benzene rings is 3. The van der Waals surface area contributed by atoms with Crippen molar-refractivity contribution in [2.24, 2.45) is 4.99 Å². The number of thiazole rings is 1. The van der Waals surface area contributed by atoms with Gasteiger partial charge >= 0.3 is 12.2 Å². The molecule has 0 aliphatic carbocycles. The van der Waals surface area contributed by atoms with Crippen LogP contribution in [0, 0.1) is 6.92 Å². The predicted octanol–water partition coefficient (Wildman–Crippen LogP) is 5.64. The number of fused-ring (bicyclic) bond motifs is 1. The Hall–Kier alpha value is -4.24. The van der Waals surface area contributed by atoms with Crippen molar-refractivity contribution in [3.8, 4) is 0 Å². The molecule has 34 heavy (non-hydrogen) atoms. The van der Waals surface area contributed by atoms with Crippen molar-refractivity contribution in [1.29, 1.82) is 0 Å². The first-order valence-electron chi connectivity index (χ1n) is 10.4. The Labute approximate surface area is 200 Å². The molecule has 0 saturated heterocycles. The van der Waals surface area contributed by atoms with Gasteiger partial charge in [-0.05, 0) is 35.7 Å². The number of hydrogen-bond donors (Lipinski definition) is 2. The van der Waals surface area contributed by atoms with Gasteiger partial charge in [0.2, 0.25) is 5.96 Å². The summed E-state index contributed by atoms with van der Waals surface area (Å²) in [4.78, 5) is 33.0.